The molecule has 0 aliphatic rings. The third kappa shape index (κ3) is 2.47. The van der Waals surface area contributed by atoms with Gasteiger partial charge in [0.2, 0.25) is 0 Å². The fourth-order valence-corrected chi connectivity index (χ4v) is 0.588. The molecular weight excluding hydrogens is 201 g/mol. The summed E-state index contributed by atoms with van der Waals surface area (Å²) in [7, 11) is 0. The molecule has 0 radical (unpaired) electrons. The first kappa shape index (κ1) is 13.0. The summed E-state index contributed by atoms with van der Waals surface area (Å²) in [5.74, 6) is -1.25. The predicted molar refractivity (Wildman–Crippen MR) is 42.5 cm³/mol. The lowest BCUT2D eigenvalue weighted by Gasteiger charge is -2.26. The van der Waals surface area contributed by atoms with Crippen molar-refractivity contribution in [3.63, 3.8) is 0 Å². The van der Waals surface area contributed by atoms with Crippen LogP contribution in [-0.4, -0.2) is 29.5 Å². The van der Waals surface area contributed by atoms with Crippen molar-refractivity contribution < 1.29 is 27.8 Å². The maximum atomic E-state index is 12.2. The highest BCUT2D eigenvalue weighted by atomic mass is 19.4. The maximum Gasteiger partial charge on any atom is 0.421 e. The Kier molecular flexibility index (Phi) is 3.70. The van der Waals surface area contributed by atoms with Gasteiger partial charge < -0.3 is 9.84 Å². The zero-order valence-electron chi connectivity index (χ0n) is 7.81. The van der Waals surface area contributed by atoms with Gasteiger partial charge in [-0.2, -0.15) is 13.2 Å². The average molecular weight is 212 g/mol. The van der Waals surface area contributed by atoms with Crippen LogP contribution in [0.15, 0.2) is 12.2 Å². The van der Waals surface area contributed by atoms with Gasteiger partial charge in [-0.3, -0.25) is 0 Å². The molecule has 0 amide bonds. The Labute approximate surface area is 79.2 Å². The molecule has 0 saturated carbocycles. The van der Waals surface area contributed by atoms with Crippen LogP contribution in [0.3, 0.4) is 0 Å². The monoisotopic (exact) mass is 212 g/mol. The lowest BCUT2D eigenvalue weighted by atomic mass is 9.97. The minimum Gasteiger partial charge on any atom is -0.463 e. The zero-order valence-corrected chi connectivity index (χ0v) is 7.81. The molecule has 1 N–H and O–H groups in total. The van der Waals surface area contributed by atoms with E-state index in [0.29, 0.717) is 6.92 Å². The predicted octanol–water partition coefficient (Wildman–Crippen LogP) is 1.42. The van der Waals surface area contributed by atoms with E-state index >= 15 is 0 Å². The Morgan fingerprint density at radius 1 is 1.50 bits per heavy atom. The van der Waals surface area contributed by atoms with Crippen molar-refractivity contribution in [1.82, 2.24) is 0 Å². The standard InChI is InChI=1S/C8H11F3O3/c1-4-14-6(12)5(2)7(3,13)8(9,10)11/h13H,2,4H2,1,3H3. The van der Waals surface area contributed by atoms with E-state index in [0.717, 1.165) is 0 Å². The summed E-state index contributed by atoms with van der Waals surface area (Å²) in [4.78, 5) is 10.9. The van der Waals surface area contributed by atoms with Crippen LogP contribution in [-0.2, 0) is 9.53 Å². The van der Waals surface area contributed by atoms with Crippen molar-refractivity contribution in [2.75, 3.05) is 6.61 Å². The quantitative estimate of drug-likeness (QED) is 0.568. The van der Waals surface area contributed by atoms with Crippen LogP contribution in [0.5, 0.6) is 0 Å². The second kappa shape index (κ2) is 4.00. The van der Waals surface area contributed by atoms with Crippen molar-refractivity contribution in [1.29, 1.82) is 0 Å². The van der Waals surface area contributed by atoms with Crippen LogP contribution in [0.2, 0.25) is 0 Å². The second-order valence-corrected chi connectivity index (χ2v) is 2.77. The van der Waals surface area contributed by atoms with Crippen molar-refractivity contribution in [3.8, 4) is 0 Å². The number of carbonyl (C=O) groups excluding carboxylic acids is 1. The largest absolute Gasteiger partial charge is 0.463 e. The number of ether oxygens (including phenoxy) is 1. The number of carbonyl (C=O) groups is 1. The summed E-state index contributed by atoms with van der Waals surface area (Å²) in [6.45, 7) is 4.68. The molecule has 1 atom stereocenters. The molecule has 3 nitrogen and oxygen atoms in total. The van der Waals surface area contributed by atoms with E-state index in [4.69, 9.17) is 5.11 Å². The molecule has 0 aromatic rings. The van der Waals surface area contributed by atoms with Crippen molar-refractivity contribution in [2.24, 2.45) is 0 Å². The highest BCUT2D eigenvalue weighted by molar-refractivity contribution is 5.90. The van der Waals surface area contributed by atoms with Gasteiger partial charge in [-0.1, -0.05) is 6.58 Å². The Morgan fingerprint density at radius 2 is 1.93 bits per heavy atom. The number of hydrogen-bond acceptors (Lipinski definition) is 3. The summed E-state index contributed by atoms with van der Waals surface area (Å²) < 4.78 is 40.8. The smallest absolute Gasteiger partial charge is 0.421 e. The maximum absolute atomic E-state index is 12.2. The van der Waals surface area contributed by atoms with Crippen molar-refractivity contribution in [2.45, 2.75) is 25.6 Å². The van der Waals surface area contributed by atoms with Gasteiger partial charge in [0.05, 0.1) is 12.2 Å². The first-order chi connectivity index (χ1) is 6.14. The van der Waals surface area contributed by atoms with Crippen LogP contribution in [0.25, 0.3) is 0 Å². The average Bonchev–Trinajstić information content (AvgIpc) is 2.01. The van der Waals surface area contributed by atoms with E-state index in [-0.39, 0.29) is 6.61 Å². The highest BCUT2D eigenvalue weighted by Gasteiger charge is 2.54. The van der Waals surface area contributed by atoms with Crippen molar-refractivity contribution in [3.05, 3.63) is 12.2 Å². The molecule has 0 bridgehead atoms. The van der Waals surface area contributed by atoms with Gasteiger partial charge in [-0.15, -0.1) is 0 Å². The molecule has 6 heteroatoms. The van der Waals surface area contributed by atoms with Gasteiger partial charge in [0.15, 0.2) is 5.60 Å². The minimum absolute atomic E-state index is 0.0776. The molecule has 0 aliphatic heterocycles. The zero-order chi connectivity index (χ0) is 11.6. The Morgan fingerprint density at radius 3 is 2.21 bits per heavy atom. The van der Waals surface area contributed by atoms with E-state index < -0.39 is 23.3 Å². The van der Waals surface area contributed by atoms with Gasteiger partial charge in [0, 0.05) is 0 Å². The van der Waals surface area contributed by atoms with Gasteiger partial charge in [-0.25, -0.2) is 4.79 Å². The van der Waals surface area contributed by atoms with Crippen LogP contribution < -0.4 is 0 Å². The van der Waals surface area contributed by atoms with Gasteiger partial charge in [0.25, 0.3) is 0 Å². The molecule has 0 rings (SSSR count). The molecule has 0 spiro atoms. The molecule has 0 saturated heterocycles. The SMILES string of the molecule is C=C(C(=O)OCC)C(C)(O)C(F)(F)F. The molecule has 0 aromatic heterocycles. The van der Waals surface area contributed by atoms with Gasteiger partial charge >= 0.3 is 12.1 Å². The van der Waals surface area contributed by atoms with E-state index in [1.165, 1.54) is 6.92 Å². The molecule has 0 aliphatic carbocycles. The summed E-state index contributed by atoms with van der Waals surface area (Å²) in [5.41, 5.74) is -4.27. The van der Waals surface area contributed by atoms with Crippen molar-refractivity contribution >= 4 is 5.97 Å². The van der Waals surface area contributed by atoms with Crippen LogP contribution in [0, 0.1) is 0 Å². The number of esters is 1. The third-order valence-corrected chi connectivity index (χ3v) is 1.66. The van der Waals surface area contributed by atoms with Crippen LogP contribution in [0.4, 0.5) is 13.2 Å². The van der Waals surface area contributed by atoms with E-state index in [2.05, 4.69) is 11.3 Å². The molecule has 82 valence electrons. The Balaban J connectivity index is 4.76. The molecule has 0 heterocycles. The van der Waals surface area contributed by atoms with Gasteiger partial charge in [-0.05, 0) is 13.8 Å². The molecule has 0 aromatic carbocycles. The van der Waals surface area contributed by atoms with Crippen LogP contribution >= 0.6 is 0 Å². The third-order valence-electron chi connectivity index (χ3n) is 1.66. The lowest BCUT2D eigenvalue weighted by molar-refractivity contribution is -0.238. The van der Waals surface area contributed by atoms with Crippen LogP contribution in [0.1, 0.15) is 13.8 Å². The van der Waals surface area contributed by atoms with E-state index in [9.17, 15) is 18.0 Å². The topological polar surface area (TPSA) is 46.5 Å². The summed E-state index contributed by atoms with van der Waals surface area (Å²) in [6.07, 6.45) is -4.95. The second-order valence-electron chi connectivity index (χ2n) is 2.77. The first-order valence-corrected chi connectivity index (χ1v) is 3.80. The van der Waals surface area contributed by atoms with Gasteiger partial charge in [0.1, 0.15) is 0 Å². The Hall–Kier alpha value is -1.04. The summed E-state index contributed by atoms with van der Waals surface area (Å²) in [6, 6.07) is 0. The number of alkyl halides is 3. The molecule has 1 unspecified atom stereocenters. The van der Waals surface area contributed by atoms with E-state index in [1.807, 2.05) is 0 Å². The van der Waals surface area contributed by atoms with E-state index in [1.54, 1.807) is 0 Å². The summed E-state index contributed by atoms with van der Waals surface area (Å²) in [5, 5.41) is 8.99. The Bertz CT molecular complexity index is 243. The molecular formula is C8H11F3O3. The number of rotatable bonds is 3. The highest BCUT2D eigenvalue weighted by Crippen LogP contribution is 2.35. The lowest BCUT2D eigenvalue weighted by Crippen LogP contribution is -2.46. The molecule has 0 fully saturated rings. The minimum atomic E-state index is -4.95. The summed E-state index contributed by atoms with van der Waals surface area (Å²) >= 11 is 0. The first-order valence-electron chi connectivity index (χ1n) is 3.80. The molecule has 14 heavy (non-hydrogen) atoms. The normalized spacial score (nSPS) is 15.9. The number of hydrogen-bond donors (Lipinski definition) is 1. The number of aliphatic hydroxyl groups is 1. The fourth-order valence-electron chi connectivity index (χ4n) is 0.588. The number of halogens is 3. The fraction of sp³-hybridized carbons (Fsp3) is 0.625.